The minimum atomic E-state index is 0.850. The Kier molecular flexibility index (Phi) is 4.00. The molecule has 0 saturated heterocycles. The summed E-state index contributed by atoms with van der Waals surface area (Å²) in [6.45, 7) is 7.14. The molecule has 1 aromatic heterocycles. The van der Waals surface area contributed by atoms with Crippen molar-refractivity contribution in [2.45, 2.75) is 20.8 Å². The second-order valence-corrected chi connectivity index (χ2v) is 4.62. The average Bonchev–Trinajstić information content (AvgIpc) is 2.42. The molecule has 0 aliphatic heterocycles. The lowest BCUT2D eigenvalue weighted by atomic mass is 10.1. The summed E-state index contributed by atoms with van der Waals surface area (Å²) in [5.74, 6) is 1.73. The van der Waals surface area contributed by atoms with Gasteiger partial charge in [-0.2, -0.15) is 0 Å². The maximum atomic E-state index is 4.32. The largest absolute Gasteiger partial charge is 0.370 e. The van der Waals surface area contributed by atoms with Crippen molar-refractivity contribution in [1.29, 1.82) is 0 Å². The number of nitrogens with one attached hydrogen (secondary N) is 1. The quantitative estimate of drug-likeness (QED) is 0.911. The molecule has 4 nitrogen and oxygen atoms in total. The van der Waals surface area contributed by atoms with Crippen LogP contribution in [-0.2, 0) is 0 Å². The van der Waals surface area contributed by atoms with Crippen molar-refractivity contribution >= 4 is 17.3 Å². The first-order valence-corrected chi connectivity index (χ1v) is 6.48. The summed E-state index contributed by atoms with van der Waals surface area (Å²) in [5, 5.41) is 3.20. The number of benzene rings is 1. The molecule has 1 heterocycles. The zero-order valence-corrected chi connectivity index (χ0v) is 11.9. The molecular formula is C15H20N4. The lowest BCUT2D eigenvalue weighted by molar-refractivity contribution is 1.06. The number of hydrogen-bond acceptors (Lipinski definition) is 4. The zero-order valence-electron chi connectivity index (χ0n) is 11.9. The summed E-state index contributed by atoms with van der Waals surface area (Å²) in [7, 11) is 2.02. The summed E-state index contributed by atoms with van der Waals surface area (Å²) in [6.07, 6.45) is 1.59. The van der Waals surface area contributed by atoms with Crippen LogP contribution in [0.4, 0.5) is 17.3 Å². The van der Waals surface area contributed by atoms with Gasteiger partial charge in [0.25, 0.3) is 0 Å². The fourth-order valence-corrected chi connectivity index (χ4v) is 1.87. The lowest BCUT2D eigenvalue weighted by Gasteiger charge is -2.19. The van der Waals surface area contributed by atoms with Crippen molar-refractivity contribution < 1.29 is 0 Å². The number of aromatic nitrogens is 2. The van der Waals surface area contributed by atoms with Gasteiger partial charge >= 0.3 is 0 Å². The van der Waals surface area contributed by atoms with Gasteiger partial charge in [0.2, 0.25) is 0 Å². The Balaban J connectivity index is 2.29. The normalized spacial score (nSPS) is 10.3. The first kappa shape index (κ1) is 13.3. The molecule has 0 bridgehead atoms. The van der Waals surface area contributed by atoms with Crippen LogP contribution in [0.25, 0.3) is 0 Å². The highest BCUT2D eigenvalue weighted by Crippen LogP contribution is 2.24. The summed E-state index contributed by atoms with van der Waals surface area (Å²) in [6, 6.07) is 8.37. The van der Waals surface area contributed by atoms with E-state index in [2.05, 4.69) is 59.2 Å². The zero-order chi connectivity index (χ0) is 13.8. The molecule has 100 valence electrons. The van der Waals surface area contributed by atoms with Gasteiger partial charge < -0.3 is 10.2 Å². The fourth-order valence-electron chi connectivity index (χ4n) is 1.87. The Hall–Kier alpha value is -2.10. The third kappa shape index (κ3) is 3.02. The second kappa shape index (κ2) is 5.69. The summed E-state index contributed by atoms with van der Waals surface area (Å²) < 4.78 is 0. The monoisotopic (exact) mass is 256 g/mol. The van der Waals surface area contributed by atoms with E-state index in [1.807, 2.05) is 13.1 Å². The van der Waals surface area contributed by atoms with Crippen LogP contribution in [0.5, 0.6) is 0 Å². The highest BCUT2D eigenvalue weighted by molar-refractivity contribution is 5.62. The van der Waals surface area contributed by atoms with E-state index in [0.717, 1.165) is 23.9 Å². The van der Waals surface area contributed by atoms with Crippen molar-refractivity contribution in [2.75, 3.05) is 23.8 Å². The van der Waals surface area contributed by atoms with E-state index in [0.29, 0.717) is 0 Å². The van der Waals surface area contributed by atoms with Crippen molar-refractivity contribution in [3.05, 3.63) is 41.7 Å². The first-order chi connectivity index (χ1) is 9.11. The van der Waals surface area contributed by atoms with Gasteiger partial charge in [0.05, 0.1) is 0 Å². The number of nitrogens with zero attached hydrogens (tertiary/aromatic N) is 3. The fraction of sp³-hybridized carbons (Fsp3) is 0.333. The Morgan fingerprint density at radius 1 is 1.11 bits per heavy atom. The van der Waals surface area contributed by atoms with Crippen LogP contribution in [0.3, 0.4) is 0 Å². The molecule has 0 fully saturated rings. The summed E-state index contributed by atoms with van der Waals surface area (Å²) in [4.78, 5) is 10.6. The van der Waals surface area contributed by atoms with E-state index in [9.17, 15) is 0 Å². The van der Waals surface area contributed by atoms with E-state index in [4.69, 9.17) is 0 Å². The molecular weight excluding hydrogens is 236 g/mol. The molecule has 0 saturated carbocycles. The van der Waals surface area contributed by atoms with E-state index in [-0.39, 0.29) is 0 Å². The van der Waals surface area contributed by atoms with Gasteiger partial charge in [0.15, 0.2) is 0 Å². The summed E-state index contributed by atoms with van der Waals surface area (Å²) >= 11 is 0. The Labute approximate surface area is 114 Å². The van der Waals surface area contributed by atoms with Gasteiger partial charge in [-0.25, -0.2) is 9.97 Å². The van der Waals surface area contributed by atoms with Crippen LogP contribution < -0.4 is 10.2 Å². The highest BCUT2D eigenvalue weighted by atomic mass is 15.2. The highest BCUT2D eigenvalue weighted by Gasteiger charge is 2.07. The third-order valence-electron chi connectivity index (χ3n) is 3.23. The van der Waals surface area contributed by atoms with Gasteiger partial charge in [-0.1, -0.05) is 6.07 Å². The minimum absolute atomic E-state index is 0.850. The number of aryl methyl sites for hydroxylation is 2. The number of anilines is 3. The molecule has 1 aromatic carbocycles. The molecule has 0 amide bonds. The molecule has 4 heteroatoms. The van der Waals surface area contributed by atoms with E-state index in [1.165, 1.54) is 11.1 Å². The van der Waals surface area contributed by atoms with Crippen LogP contribution in [0.1, 0.15) is 18.1 Å². The smallest absolute Gasteiger partial charge is 0.138 e. The Morgan fingerprint density at radius 2 is 1.89 bits per heavy atom. The minimum Gasteiger partial charge on any atom is -0.370 e. The topological polar surface area (TPSA) is 41.0 Å². The standard InChI is InChI=1S/C15H20N4/c1-5-16-14-9-15(18-10-17-14)19(4)13-7-6-11(2)12(3)8-13/h6-10H,5H2,1-4H3,(H,16,17,18). The van der Waals surface area contributed by atoms with Crippen LogP contribution in [0.2, 0.25) is 0 Å². The summed E-state index contributed by atoms with van der Waals surface area (Å²) in [5.41, 5.74) is 3.71. The van der Waals surface area contributed by atoms with Crippen molar-refractivity contribution in [3.63, 3.8) is 0 Å². The van der Waals surface area contributed by atoms with Crippen LogP contribution in [0.15, 0.2) is 30.6 Å². The molecule has 2 aromatic rings. The maximum absolute atomic E-state index is 4.32. The van der Waals surface area contributed by atoms with Crippen LogP contribution in [-0.4, -0.2) is 23.6 Å². The predicted octanol–water partition coefficient (Wildman–Crippen LogP) is 3.29. The molecule has 0 atom stereocenters. The van der Waals surface area contributed by atoms with Crippen LogP contribution >= 0.6 is 0 Å². The van der Waals surface area contributed by atoms with E-state index in [1.54, 1.807) is 6.33 Å². The molecule has 2 rings (SSSR count). The molecule has 0 aliphatic carbocycles. The van der Waals surface area contributed by atoms with Gasteiger partial charge in [-0.15, -0.1) is 0 Å². The van der Waals surface area contributed by atoms with Crippen LogP contribution in [0, 0.1) is 13.8 Å². The van der Waals surface area contributed by atoms with Gasteiger partial charge in [0.1, 0.15) is 18.0 Å². The average molecular weight is 256 g/mol. The van der Waals surface area contributed by atoms with Crippen molar-refractivity contribution in [3.8, 4) is 0 Å². The third-order valence-corrected chi connectivity index (χ3v) is 3.23. The van der Waals surface area contributed by atoms with Crippen molar-refractivity contribution in [2.24, 2.45) is 0 Å². The molecule has 0 unspecified atom stereocenters. The molecule has 0 radical (unpaired) electrons. The Morgan fingerprint density at radius 3 is 2.58 bits per heavy atom. The molecule has 0 spiro atoms. The number of hydrogen-bond donors (Lipinski definition) is 1. The van der Waals surface area contributed by atoms with E-state index < -0.39 is 0 Å². The first-order valence-electron chi connectivity index (χ1n) is 6.48. The van der Waals surface area contributed by atoms with Gasteiger partial charge in [-0.05, 0) is 44.0 Å². The predicted molar refractivity (Wildman–Crippen MR) is 80.2 cm³/mol. The molecule has 0 aliphatic rings. The molecule has 1 N–H and O–H groups in total. The van der Waals surface area contributed by atoms with Gasteiger partial charge in [-0.3, -0.25) is 0 Å². The van der Waals surface area contributed by atoms with Gasteiger partial charge in [0, 0.05) is 25.3 Å². The van der Waals surface area contributed by atoms with Crippen molar-refractivity contribution in [1.82, 2.24) is 9.97 Å². The SMILES string of the molecule is CCNc1cc(N(C)c2ccc(C)c(C)c2)ncn1. The molecule has 19 heavy (non-hydrogen) atoms. The number of rotatable bonds is 4. The van der Waals surface area contributed by atoms with E-state index >= 15 is 0 Å². The lowest BCUT2D eigenvalue weighted by Crippen LogP contribution is -2.12. The maximum Gasteiger partial charge on any atom is 0.138 e. The Bertz CT molecular complexity index is 566. The second-order valence-electron chi connectivity index (χ2n) is 4.62.